The zero-order valence-electron chi connectivity index (χ0n) is 16.3. The average molecular weight is 446 g/mol. The summed E-state index contributed by atoms with van der Waals surface area (Å²) in [5.74, 6) is -0.539. The summed E-state index contributed by atoms with van der Waals surface area (Å²) in [5.41, 5.74) is 0.767. The Morgan fingerprint density at radius 1 is 1.27 bits per heavy atom. The predicted octanol–water partition coefficient (Wildman–Crippen LogP) is 3.72. The number of carbonyl (C=O) groups is 1. The van der Waals surface area contributed by atoms with Gasteiger partial charge in [-0.1, -0.05) is 17.4 Å². The van der Waals surface area contributed by atoms with Crippen molar-refractivity contribution in [3.8, 4) is 0 Å². The van der Waals surface area contributed by atoms with Gasteiger partial charge in [0.1, 0.15) is 0 Å². The van der Waals surface area contributed by atoms with Gasteiger partial charge in [-0.25, -0.2) is 8.42 Å². The molecule has 10 heteroatoms. The van der Waals surface area contributed by atoms with Crippen molar-refractivity contribution >= 4 is 43.0 Å². The Hall–Kier alpha value is -3.11. The number of rotatable bonds is 6. The Labute approximate surface area is 176 Å². The lowest BCUT2D eigenvalue weighted by molar-refractivity contribution is -0.384. The summed E-state index contributed by atoms with van der Waals surface area (Å²) in [6.45, 7) is 7.19. The molecule has 0 saturated heterocycles. The molecule has 0 spiro atoms. The molecular formula is C20H19N3O5S2. The molecule has 2 aromatic carbocycles. The van der Waals surface area contributed by atoms with Crippen LogP contribution in [-0.2, 0) is 16.4 Å². The highest BCUT2D eigenvalue weighted by molar-refractivity contribution is 7.92. The molecule has 0 saturated carbocycles. The van der Waals surface area contributed by atoms with Crippen molar-refractivity contribution < 1.29 is 18.1 Å². The molecule has 1 amide bonds. The molecule has 3 aromatic rings. The van der Waals surface area contributed by atoms with Gasteiger partial charge in [0, 0.05) is 24.2 Å². The molecule has 30 heavy (non-hydrogen) atoms. The number of carbonyl (C=O) groups excluding carboxylic acids is 1. The van der Waals surface area contributed by atoms with E-state index in [0.29, 0.717) is 16.9 Å². The molecule has 0 radical (unpaired) electrons. The largest absolute Gasteiger partial charge is 0.312 e. The van der Waals surface area contributed by atoms with Gasteiger partial charge < -0.3 is 4.57 Å². The van der Waals surface area contributed by atoms with Crippen molar-refractivity contribution in [2.75, 3.05) is 0 Å². The summed E-state index contributed by atoms with van der Waals surface area (Å²) in [5, 5.41) is 10.5. The molecule has 8 nitrogen and oxygen atoms in total. The molecule has 0 aliphatic carbocycles. The number of nitrogens with zero attached hydrogens (tertiary/aromatic N) is 3. The van der Waals surface area contributed by atoms with Crippen molar-refractivity contribution in [1.82, 2.24) is 4.57 Å². The van der Waals surface area contributed by atoms with Crippen LogP contribution in [0.25, 0.3) is 10.2 Å². The minimum atomic E-state index is -3.43. The molecule has 0 atom stereocenters. The Bertz CT molecular complexity index is 1320. The first-order valence-electron chi connectivity index (χ1n) is 8.97. The van der Waals surface area contributed by atoms with E-state index in [2.05, 4.69) is 11.6 Å². The van der Waals surface area contributed by atoms with E-state index in [9.17, 15) is 23.3 Å². The summed E-state index contributed by atoms with van der Waals surface area (Å²) in [6, 6.07) is 10.1. The number of non-ortho nitro benzene ring substituents is 1. The van der Waals surface area contributed by atoms with E-state index in [-0.39, 0.29) is 16.1 Å². The quantitative estimate of drug-likeness (QED) is 0.326. The first-order chi connectivity index (χ1) is 14.1. The number of hydrogen-bond donors (Lipinski definition) is 0. The second-order valence-electron chi connectivity index (χ2n) is 6.73. The van der Waals surface area contributed by atoms with Crippen LogP contribution >= 0.6 is 11.3 Å². The van der Waals surface area contributed by atoms with E-state index < -0.39 is 25.9 Å². The van der Waals surface area contributed by atoms with Crippen LogP contribution in [0.2, 0.25) is 0 Å². The molecule has 0 unspecified atom stereocenters. The van der Waals surface area contributed by atoms with Crippen LogP contribution in [0.4, 0.5) is 5.69 Å². The summed E-state index contributed by atoms with van der Waals surface area (Å²) in [7, 11) is -3.43. The van der Waals surface area contributed by atoms with Gasteiger partial charge in [0.25, 0.3) is 11.6 Å². The Kier molecular flexibility index (Phi) is 5.99. The fraction of sp³-hybridized carbons (Fsp3) is 0.200. The number of sulfone groups is 1. The minimum absolute atomic E-state index is 0.0575. The fourth-order valence-electron chi connectivity index (χ4n) is 2.77. The molecular weight excluding hydrogens is 426 g/mol. The van der Waals surface area contributed by atoms with Crippen LogP contribution in [0, 0.1) is 10.1 Å². The van der Waals surface area contributed by atoms with Gasteiger partial charge in [-0.05, 0) is 44.2 Å². The number of allylic oxidation sites excluding steroid dienone is 1. The summed E-state index contributed by atoms with van der Waals surface area (Å²) >= 11 is 1.23. The molecule has 156 valence electrons. The zero-order valence-corrected chi connectivity index (χ0v) is 17.9. The summed E-state index contributed by atoms with van der Waals surface area (Å²) in [6.07, 6.45) is 1.61. The maximum Gasteiger partial charge on any atom is 0.279 e. The van der Waals surface area contributed by atoms with Crippen LogP contribution in [-0.4, -0.2) is 29.1 Å². The Balaban J connectivity index is 2.05. The van der Waals surface area contributed by atoms with E-state index in [1.807, 2.05) is 0 Å². The van der Waals surface area contributed by atoms with E-state index in [1.165, 1.54) is 47.7 Å². The Morgan fingerprint density at radius 3 is 2.50 bits per heavy atom. The van der Waals surface area contributed by atoms with Gasteiger partial charge in [0.05, 0.1) is 25.3 Å². The van der Waals surface area contributed by atoms with Crippen LogP contribution in [0.3, 0.4) is 0 Å². The van der Waals surface area contributed by atoms with Crippen molar-refractivity contribution in [2.45, 2.75) is 30.5 Å². The van der Waals surface area contributed by atoms with Gasteiger partial charge in [0.2, 0.25) is 0 Å². The first kappa shape index (κ1) is 21.6. The number of amides is 1. The lowest BCUT2D eigenvalue weighted by atomic mass is 10.2. The van der Waals surface area contributed by atoms with Gasteiger partial charge in [-0.3, -0.25) is 14.9 Å². The monoisotopic (exact) mass is 445 g/mol. The lowest BCUT2D eigenvalue weighted by Crippen LogP contribution is -2.16. The fourth-order valence-corrected chi connectivity index (χ4v) is 4.85. The molecule has 0 bridgehead atoms. The molecule has 0 aliphatic heterocycles. The number of thiazole rings is 1. The third-order valence-electron chi connectivity index (χ3n) is 4.44. The highest BCUT2D eigenvalue weighted by atomic mass is 32.2. The highest BCUT2D eigenvalue weighted by Crippen LogP contribution is 2.23. The van der Waals surface area contributed by atoms with Crippen LogP contribution < -0.4 is 4.80 Å². The number of aromatic nitrogens is 1. The lowest BCUT2D eigenvalue weighted by Gasteiger charge is -2.07. The third kappa shape index (κ3) is 4.10. The van der Waals surface area contributed by atoms with Crippen LogP contribution in [0.1, 0.15) is 24.2 Å². The highest BCUT2D eigenvalue weighted by Gasteiger charge is 2.19. The zero-order chi connectivity index (χ0) is 22.1. The number of nitro benzene ring substituents is 1. The van der Waals surface area contributed by atoms with E-state index >= 15 is 0 Å². The maximum atomic E-state index is 12.7. The Morgan fingerprint density at radius 2 is 1.93 bits per heavy atom. The smallest absolute Gasteiger partial charge is 0.279 e. The molecule has 1 aromatic heterocycles. The summed E-state index contributed by atoms with van der Waals surface area (Å²) in [4.78, 5) is 27.9. The molecule has 0 N–H and O–H groups in total. The number of benzene rings is 2. The predicted molar refractivity (Wildman–Crippen MR) is 115 cm³/mol. The van der Waals surface area contributed by atoms with E-state index in [4.69, 9.17) is 0 Å². The SMILES string of the molecule is C=CCn1c(=NC(=O)c2ccc(S(=O)(=O)C(C)C)cc2)sc2ccc([N+](=O)[O-])cc21. The van der Waals surface area contributed by atoms with E-state index in [0.717, 1.165) is 4.70 Å². The van der Waals surface area contributed by atoms with Crippen LogP contribution in [0.5, 0.6) is 0 Å². The maximum absolute atomic E-state index is 12.7. The molecule has 1 heterocycles. The van der Waals surface area contributed by atoms with Crippen molar-refractivity contribution in [1.29, 1.82) is 0 Å². The summed E-state index contributed by atoms with van der Waals surface area (Å²) < 4.78 is 26.9. The topological polar surface area (TPSA) is 112 Å². The number of fused-ring (bicyclic) bond motifs is 1. The van der Waals surface area contributed by atoms with Gasteiger partial charge in [-0.15, -0.1) is 6.58 Å². The van der Waals surface area contributed by atoms with Gasteiger partial charge in [0.15, 0.2) is 14.6 Å². The standard InChI is InChI=1S/C20H19N3O5S2/c1-4-11-22-17-12-15(23(25)26)7-10-18(17)29-20(22)21-19(24)14-5-8-16(9-6-14)30(27,28)13(2)3/h4-10,12-13H,1,11H2,2-3H3. The van der Waals surface area contributed by atoms with Crippen LogP contribution in [0.15, 0.2) is 65.0 Å². The number of nitro groups is 1. The normalized spacial score (nSPS) is 12.4. The molecule has 3 rings (SSSR count). The second kappa shape index (κ2) is 8.33. The second-order valence-corrected chi connectivity index (χ2v) is 10.2. The minimum Gasteiger partial charge on any atom is -0.312 e. The van der Waals surface area contributed by atoms with Gasteiger partial charge >= 0.3 is 0 Å². The third-order valence-corrected chi connectivity index (χ3v) is 7.67. The van der Waals surface area contributed by atoms with Crippen molar-refractivity contribution in [2.24, 2.45) is 4.99 Å². The first-order valence-corrected chi connectivity index (χ1v) is 11.3. The van der Waals surface area contributed by atoms with Crippen molar-refractivity contribution in [3.05, 3.63) is 75.6 Å². The number of hydrogen-bond acceptors (Lipinski definition) is 6. The van der Waals surface area contributed by atoms with Gasteiger partial charge in [-0.2, -0.15) is 4.99 Å². The van der Waals surface area contributed by atoms with Crippen molar-refractivity contribution in [3.63, 3.8) is 0 Å². The average Bonchev–Trinajstić information content (AvgIpc) is 3.04. The van der Waals surface area contributed by atoms with E-state index in [1.54, 1.807) is 30.6 Å². The molecule has 0 fully saturated rings. The molecule has 0 aliphatic rings.